The molecular formula is C25H27F3IN7O3. The first-order valence-corrected chi connectivity index (χ1v) is 14.0. The Labute approximate surface area is 235 Å². The predicted octanol–water partition coefficient (Wildman–Crippen LogP) is 3.87. The Hall–Kier alpha value is -2.75. The number of hydrogen-bond acceptors (Lipinski definition) is 7. The second-order valence-electron chi connectivity index (χ2n) is 10.6. The molecule has 0 radical (unpaired) electrons. The van der Waals surface area contributed by atoms with Crippen molar-refractivity contribution in [2.24, 2.45) is 12.5 Å². The van der Waals surface area contributed by atoms with Gasteiger partial charge in [-0.05, 0) is 66.8 Å². The molecule has 39 heavy (non-hydrogen) atoms. The maximum atomic E-state index is 13.4. The molecule has 6 heterocycles. The van der Waals surface area contributed by atoms with Crippen LogP contribution in [0, 0.1) is 9.12 Å². The fourth-order valence-electron chi connectivity index (χ4n) is 5.91. The molecule has 3 aromatic heterocycles. The van der Waals surface area contributed by atoms with Crippen LogP contribution in [0.15, 0.2) is 23.1 Å². The maximum Gasteiger partial charge on any atom is 0.433 e. The lowest BCUT2D eigenvalue weighted by Crippen LogP contribution is -2.44. The Morgan fingerprint density at radius 1 is 1.18 bits per heavy atom. The van der Waals surface area contributed by atoms with Crippen LogP contribution < -0.4 is 15.4 Å². The van der Waals surface area contributed by atoms with Gasteiger partial charge >= 0.3 is 6.18 Å². The van der Waals surface area contributed by atoms with Gasteiger partial charge in [-0.2, -0.15) is 23.3 Å². The molecule has 14 heteroatoms. The van der Waals surface area contributed by atoms with Crippen molar-refractivity contribution in [2.75, 3.05) is 36.0 Å². The SMILES string of the molecule is Cn1c(N2CCC3(CC2)CC(=O)N(c2ccnc(C(F)(F)F)c2)C3)nc2c(c(I)nn2C2CCCCO2)c1=O. The Kier molecular flexibility index (Phi) is 6.59. The van der Waals surface area contributed by atoms with Crippen molar-refractivity contribution >= 4 is 51.2 Å². The second kappa shape index (κ2) is 9.71. The van der Waals surface area contributed by atoms with Crippen molar-refractivity contribution in [3.05, 3.63) is 38.1 Å². The van der Waals surface area contributed by atoms with Crippen molar-refractivity contribution in [2.45, 2.75) is 50.9 Å². The molecule has 3 saturated heterocycles. The third-order valence-corrected chi connectivity index (χ3v) is 8.82. The zero-order chi connectivity index (χ0) is 27.5. The average Bonchev–Trinajstić information content (AvgIpc) is 3.43. The number of fused-ring (bicyclic) bond motifs is 1. The Morgan fingerprint density at radius 2 is 1.95 bits per heavy atom. The molecule has 0 saturated carbocycles. The van der Waals surface area contributed by atoms with Crippen molar-refractivity contribution in [3.63, 3.8) is 0 Å². The van der Waals surface area contributed by atoms with E-state index in [4.69, 9.17) is 9.72 Å². The van der Waals surface area contributed by atoms with Crippen LogP contribution in [-0.2, 0) is 22.8 Å². The number of pyridine rings is 1. The number of rotatable bonds is 3. The van der Waals surface area contributed by atoms with Gasteiger partial charge in [0.25, 0.3) is 5.56 Å². The number of nitrogens with zero attached hydrogens (tertiary/aromatic N) is 7. The maximum absolute atomic E-state index is 13.4. The Bertz CT molecular complexity index is 1490. The summed E-state index contributed by atoms with van der Waals surface area (Å²) in [4.78, 5) is 38.1. The molecular weight excluding hydrogens is 630 g/mol. The van der Waals surface area contributed by atoms with Crippen LogP contribution in [0.2, 0.25) is 0 Å². The molecule has 0 aromatic carbocycles. The van der Waals surface area contributed by atoms with E-state index in [0.29, 0.717) is 59.8 Å². The third kappa shape index (κ3) is 4.68. The number of aromatic nitrogens is 5. The first kappa shape index (κ1) is 26.5. The van der Waals surface area contributed by atoms with Crippen LogP contribution in [0.3, 0.4) is 0 Å². The average molecular weight is 657 g/mol. The van der Waals surface area contributed by atoms with Gasteiger partial charge in [-0.3, -0.25) is 19.1 Å². The highest BCUT2D eigenvalue weighted by atomic mass is 127. The summed E-state index contributed by atoms with van der Waals surface area (Å²) in [6, 6.07) is 2.37. The van der Waals surface area contributed by atoms with Gasteiger partial charge < -0.3 is 14.5 Å². The van der Waals surface area contributed by atoms with E-state index in [9.17, 15) is 22.8 Å². The summed E-state index contributed by atoms with van der Waals surface area (Å²) in [7, 11) is 1.70. The minimum absolute atomic E-state index is 0.179. The number of anilines is 2. The lowest BCUT2D eigenvalue weighted by molar-refractivity contribution is -0.141. The van der Waals surface area contributed by atoms with Crippen molar-refractivity contribution in [1.82, 2.24) is 24.3 Å². The number of carbonyl (C=O) groups is 1. The van der Waals surface area contributed by atoms with E-state index < -0.39 is 11.9 Å². The molecule has 1 atom stereocenters. The molecule has 3 aliphatic rings. The summed E-state index contributed by atoms with van der Waals surface area (Å²) >= 11 is 2.06. The lowest BCUT2D eigenvalue weighted by Gasteiger charge is -2.39. The van der Waals surface area contributed by atoms with Gasteiger partial charge in [-0.25, -0.2) is 4.68 Å². The van der Waals surface area contributed by atoms with Gasteiger partial charge in [0.15, 0.2) is 11.9 Å². The topological polar surface area (TPSA) is 98.4 Å². The number of carbonyl (C=O) groups excluding carboxylic acids is 1. The number of piperidine rings is 1. The van der Waals surface area contributed by atoms with Crippen LogP contribution in [0.25, 0.3) is 11.0 Å². The summed E-state index contributed by atoms with van der Waals surface area (Å²) in [5, 5.41) is 5.06. The standard InChI is InChI=1S/C25H27F3IN7O3/c1-33-22(38)19-20(29)32-36(18-4-2-3-11-39-18)21(19)31-23(33)34-9-6-24(7-10-34)13-17(37)35(14-24)15-5-8-30-16(12-15)25(26,27)28/h5,8,12,18H,2-4,6-7,9-11,13-14H2,1H3. The van der Waals surface area contributed by atoms with Crippen LogP contribution >= 0.6 is 22.6 Å². The Morgan fingerprint density at radius 3 is 2.64 bits per heavy atom. The predicted molar refractivity (Wildman–Crippen MR) is 144 cm³/mol. The van der Waals surface area contributed by atoms with E-state index in [1.807, 2.05) is 4.90 Å². The monoisotopic (exact) mass is 657 g/mol. The molecule has 10 nitrogen and oxygen atoms in total. The van der Waals surface area contributed by atoms with Gasteiger partial charge in [0.1, 0.15) is 14.8 Å². The summed E-state index contributed by atoms with van der Waals surface area (Å²) < 4.78 is 49.3. The van der Waals surface area contributed by atoms with Crippen molar-refractivity contribution in [1.29, 1.82) is 0 Å². The minimum Gasteiger partial charge on any atom is -0.356 e. The van der Waals surface area contributed by atoms with Crippen LogP contribution in [0.5, 0.6) is 0 Å². The molecule has 3 fully saturated rings. The van der Waals surface area contributed by atoms with Crippen molar-refractivity contribution < 1.29 is 22.7 Å². The number of hydrogen-bond donors (Lipinski definition) is 0. The minimum atomic E-state index is -4.58. The molecule has 208 valence electrons. The van der Waals surface area contributed by atoms with Gasteiger partial charge in [-0.1, -0.05) is 0 Å². The van der Waals surface area contributed by atoms with E-state index in [1.165, 1.54) is 15.5 Å². The molecule has 0 aliphatic carbocycles. The number of halogens is 4. The normalized spacial score (nSPS) is 21.9. The molecule has 3 aliphatic heterocycles. The quantitative estimate of drug-likeness (QED) is 0.395. The van der Waals surface area contributed by atoms with Gasteiger partial charge in [0, 0.05) is 57.0 Å². The van der Waals surface area contributed by atoms with E-state index in [0.717, 1.165) is 31.5 Å². The molecule has 6 rings (SSSR count). The number of amides is 1. The highest BCUT2D eigenvalue weighted by Gasteiger charge is 2.46. The molecule has 3 aromatic rings. The van der Waals surface area contributed by atoms with Crippen LogP contribution in [0.1, 0.15) is 50.4 Å². The fourth-order valence-corrected chi connectivity index (χ4v) is 6.61. The first-order chi connectivity index (χ1) is 18.6. The van der Waals surface area contributed by atoms with Crippen LogP contribution in [0.4, 0.5) is 24.8 Å². The third-order valence-electron chi connectivity index (χ3n) is 8.07. The molecule has 1 amide bonds. The molecule has 0 bridgehead atoms. The van der Waals surface area contributed by atoms with Gasteiger partial charge in [-0.15, -0.1) is 0 Å². The fraction of sp³-hybridized carbons (Fsp3) is 0.560. The van der Waals surface area contributed by atoms with E-state index >= 15 is 0 Å². The lowest BCUT2D eigenvalue weighted by atomic mass is 9.77. The van der Waals surface area contributed by atoms with Gasteiger partial charge in [0.2, 0.25) is 11.9 Å². The van der Waals surface area contributed by atoms with Crippen LogP contribution in [-0.4, -0.2) is 56.5 Å². The zero-order valence-corrected chi connectivity index (χ0v) is 23.4. The summed E-state index contributed by atoms with van der Waals surface area (Å²) in [5.41, 5.74) is -0.833. The molecule has 1 unspecified atom stereocenters. The summed E-state index contributed by atoms with van der Waals surface area (Å²) in [5.74, 6) is 0.335. The molecule has 1 spiro atoms. The van der Waals surface area contributed by atoms with Crippen molar-refractivity contribution in [3.8, 4) is 0 Å². The summed E-state index contributed by atoms with van der Waals surface area (Å²) in [6.07, 6.45) is 0.606. The van der Waals surface area contributed by atoms with E-state index in [2.05, 4.69) is 32.7 Å². The molecule has 0 N–H and O–H groups in total. The first-order valence-electron chi connectivity index (χ1n) is 12.9. The second-order valence-corrected chi connectivity index (χ2v) is 11.6. The largest absolute Gasteiger partial charge is 0.433 e. The zero-order valence-electron chi connectivity index (χ0n) is 21.2. The summed E-state index contributed by atoms with van der Waals surface area (Å²) in [6.45, 7) is 2.10. The number of ether oxygens (including phenoxy) is 1. The van der Waals surface area contributed by atoms with E-state index in [-0.39, 0.29) is 35.2 Å². The van der Waals surface area contributed by atoms with E-state index in [1.54, 1.807) is 11.7 Å². The Balaban J connectivity index is 1.24. The highest BCUT2D eigenvalue weighted by molar-refractivity contribution is 14.1. The number of alkyl halides is 3. The smallest absolute Gasteiger partial charge is 0.356 e. The van der Waals surface area contributed by atoms with Gasteiger partial charge in [0.05, 0.1) is 0 Å². The highest BCUT2D eigenvalue weighted by Crippen LogP contribution is 2.44.